The first-order valence-corrected chi connectivity index (χ1v) is 8.69. The Morgan fingerprint density at radius 1 is 1.50 bits per heavy atom. The molecule has 24 heavy (non-hydrogen) atoms. The summed E-state index contributed by atoms with van der Waals surface area (Å²) < 4.78 is 6.66. The van der Waals surface area contributed by atoms with E-state index in [0.717, 1.165) is 0 Å². The predicted molar refractivity (Wildman–Crippen MR) is 94.1 cm³/mol. The Morgan fingerprint density at radius 2 is 2.29 bits per heavy atom. The van der Waals surface area contributed by atoms with Crippen molar-refractivity contribution in [3.8, 4) is 5.75 Å². The molecule has 2 heterocycles. The van der Waals surface area contributed by atoms with Gasteiger partial charge in [-0.1, -0.05) is 23.4 Å². The summed E-state index contributed by atoms with van der Waals surface area (Å²) in [6, 6.07) is 5.06. The van der Waals surface area contributed by atoms with E-state index in [-0.39, 0.29) is 17.4 Å². The van der Waals surface area contributed by atoms with Crippen molar-refractivity contribution in [2.24, 2.45) is 5.92 Å². The van der Waals surface area contributed by atoms with Crippen LogP contribution in [-0.4, -0.2) is 28.3 Å². The van der Waals surface area contributed by atoms with Crippen LogP contribution in [0.5, 0.6) is 5.75 Å². The molecule has 2 aromatic rings. The number of nitrogens with one attached hydrogen (secondary N) is 1. The van der Waals surface area contributed by atoms with Crippen LogP contribution >= 0.6 is 23.4 Å². The van der Waals surface area contributed by atoms with Gasteiger partial charge in [-0.15, -0.1) is 0 Å². The number of carbonyl (C=O) groups is 1. The van der Waals surface area contributed by atoms with Crippen molar-refractivity contribution in [3.63, 3.8) is 0 Å². The summed E-state index contributed by atoms with van der Waals surface area (Å²) in [5.74, 6) is 0.656. The molecule has 1 unspecified atom stereocenters. The highest BCUT2D eigenvalue weighted by Crippen LogP contribution is 2.29. The molecular weight excluding hydrogens is 350 g/mol. The van der Waals surface area contributed by atoms with Crippen molar-refractivity contribution in [2.75, 3.05) is 18.2 Å². The smallest absolute Gasteiger partial charge is 0.257 e. The molecule has 6 nitrogen and oxygen atoms in total. The lowest BCUT2D eigenvalue weighted by atomic mass is 10.1. The predicted octanol–water partition coefficient (Wildman–Crippen LogP) is 2.57. The molecule has 1 aromatic carbocycles. The van der Waals surface area contributed by atoms with E-state index in [1.807, 2.05) is 0 Å². The summed E-state index contributed by atoms with van der Waals surface area (Å²) >= 11 is 7.48. The normalized spacial score (nSPS) is 16.4. The molecule has 1 amide bonds. The Labute approximate surface area is 148 Å². The summed E-state index contributed by atoms with van der Waals surface area (Å²) in [6.45, 7) is 2.04. The zero-order chi connectivity index (χ0) is 17.3. The first-order chi connectivity index (χ1) is 11.5. The Bertz CT molecular complexity index is 853. The Balaban J connectivity index is 1.76. The fourth-order valence-corrected chi connectivity index (χ4v) is 3.75. The second-order valence-corrected chi connectivity index (χ2v) is 6.88. The second kappa shape index (κ2) is 6.86. The van der Waals surface area contributed by atoms with Crippen molar-refractivity contribution in [1.29, 1.82) is 0 Å². The maximum atomic E-state index is 12.5. The quantitative estimate of drug-likeness (QED) is 0.846. The van der Waals surface area contributed by atoms with Crippen molar-refractivity contribution in [2.45, 2.75) is 18.6 Å². The molecule has 1 N–H and O–H groups in total. The van der Waals surface area contributed by atoms with E-state index in [1.165, 1.54) is 18.9 Å². The molecule has 3 rings (SSSR count). The van der Waals surface area contributed by atoms with Crippen LogP contribution < -0.4 is 15.6 Å². The van der Waals surface area contributed by atoms with Crippen LogP contribution in [0.25, 0.3) is 0 Å². The number of halogens is 1. The number of fused-ring (bicyclic) bond motifs is 1. The average Bonchev–Trinajstić information content (AvgIpc) is 2.58. The summed E-state index contributed by atoms with van der Waals surface area (Å²) in [5.41, 5.74) is 1.07. The van der Waals surface area contributed by atoms with Gasteiger partial charge in [0.1, 0.15) is 5.75 Å². The van der Waals surface area contributed by atoms with E-state index < -0.39 is 0 Å². The summed E-state index contributed by atoms with van der Waals surface area (Å²) in [5, 5.41) is 3.92. The number of hydrogen-bond acceptors (Lipinski definition) is 5. The molecule has 0 saturated carbocycles. The monoisotopic (exact) mass is 365 g/mol. The van der Waals surface area contributed by atoms with E-state index in [0.29, 0.717) is 39.5 Å². The minimum absolute atomic E-state index is 0.0995. The van der Waals surface area contributed by atoms with Crippen molar-refractivity contribution >= 4 is 35.0 Å². The lowest BCUT2D eigenvalue weighted by molar-refractivity contribution is -0.119. The van der Waals surface area contributed by atoms with E-state index in [1.54, 1.807) is 35.9 Å². The van der Waals surface area contributed by atoms with Crippen LogP contribution in [0.3, 0.4) is 0 Å². The number of rotatable bonds is 3. The molecule has 1 aliphatic rings. The molecule has 0 fully saturated rings. The number of nitrogens with zero attached hydrogens (tertiary/aromatic N) is 2. The van der Waals surface area contributed by atoms with Crippen LogP contribution in [0.2, 0.25) is 5.02 Å². The number of hydrogen-bond donors (Lipinski definition) is 1. The van der Waals surface area contributed by atoms with Gasteiger partial charge in [0, 0.05) is 29.7 Å². The number of aromatic nitrogens is 2. The number of benzene rings is 1. The lowest BCUT2D eigenvalue weighted by Crippen LogP contribution is -2.37. The summed E-state index contributed by atoms with van der Waals surface area (Å²) in [4.78, 5) is 29.0. The average molecular weight is 366 g/mol. The van der Waals surface area contributed by atoms with Crippen LogP contribution in [0.4, 0.5) is 5.69 Å². The lowest BCUT2D eigenvalue weighted by Gasteiger charge is -2.24. The maximum absolute atomic E-state index is 12.5. The maximum Gasteiger partial charge on any atom is 0.257 e. The third-order valence-electron chi connectivity index (χ3n) is 3.79. The highest BCUT2D eigenvalue weighted by molar-refractivity contribution is 7.99. The number of carbonyl (C=O) groups excluding carboxylic acids is 1. The number of amides is 1. The number of anilines is 1. The van der Waals surface area contributed by atoms with E-state index in [9.17, 15) is 9.59 Å². The van der Waals surface area contributed by atoms with Gasteiger partial charge in [0.15, 0.2) is 5.16 Å². The molecule has 0 radical (unpaired) electrons. The fraction of sp³-hybridized carbons (Fsp3) is 0.312. The van der Waals surface area contributed by atoms with Crippen molar-refractivity contribution < 1.29 is 9.53 Å². The van der Waals surface area contributed by atoms with Crippen LogP contribution in [0.15, 0.2) is 34.3 Å². The van der Waals surface area contributed by atoms with Gasteiger partial charge >= 0.3 is 0 Å². The van der Waals surface area contributed by atoms with Crippen molar-refractivity contribution in [3.05, 3.63) is 45.3 Å². The molecule has 1 aromatic heterocycles. The Morgan fingerprint density at radius 3 is 3.00 bits per heavy atom. The molecule has 0 bridgehead atoms. The molecule has 1 atom stereocenters. The fourth-order valence-electron chi connectivity index (χ4n) is 2.45. The van der Waals surface area contributed by atoms with E-state index in [4.69, 9.17) is 16.3 Å². The highest BCUT2D eigenvalue weighted by Gasteiger charge is 2.27. The largest absolute Gasteiger partial charge is 0.495 e. The van der Waals surface area contributed by atoms with Crippen LogP contribution in [-0.2, 0) is 11.3 Å². The van der Waals surface area contributed by atoms with Gasteiger partial charge in [0.2, 0.25) is 5.91 Å². The molecule has 0 aliphatic carbocycles. The van der Waals surface area contributed by atoms with Gasteiger partial charge in [-0.05, 0) is 25.1 Å². The highest BCUT2D eigenvalue weighted by atomic mass is 35.5. The van der Waals surface area contributed by atoms with E-state index >= 15 is 0 Å². The van der Waals surface area contributed by atoms with Gasteiger partial charge in [-0.25, -0.2) is 4.98 Å². The third-order valence-corrected chi connectivity index (χ3v) is 5.24. The number of thioether (sulfide) groups is 1. The first kappa shape index (κ1) is 16.9. The SMILES string of the molecule is COc1ccc(NC(=O)C2CSc3ncc(C)c(=O)n3C2)cc1Cl. The van der Waals surface area contributed by atoms with Crippen LogP contribution in [0.1, 0.15) is 5.56 Å². The van der Waals surface area contributed by atoms with Gasteiger partial charge in [-0.3, -0.25) is 14.2 Å². The standard InChI is InChI=1S/C16H16ClN3O3S/c1-9-6-18-16-20(15(9)22)7-10(8-24-16)14(21)19-11-3-4-13(23-2)12(17)5-11/h3-6,10H,7-8H2,1-2H3,(H,19,21). The van der Waals surface area contributed by atoms with E-state index in [2.05, 4.69) is 10.3 Å². The zero-order valence-electron chi connectivity index (χ0n) is 13.2. The van der Waals surface area contributed by atoms with Gasteiger partial charge in [0.25, 0.3) is 5.56 Å². The van der Waals surface area contributed by atoms with Crippen LogP contribution in [0, 0.1) is 12.8 Å². The molecule has 1 aliphatic heterocycles. The van der Waals surface area contributed by atoms with Crippen molar-refractivity contribution in [1.82, 2.24) is 9.55 Å². The minimum atomic E-state index is -0.315. The number of aryl methyl sites for hydroxylation is 1. The topological polar surface area (TPSA) is 73.2 Å². The Hall–Kier alpha value is -1.99. The molecule has 8 heteroatoms. The van der Waals surface area contributed by atoms with Gasteiger partial charge in [-0.2, -0.15) is 0 Å². The summed E-state index contributed by atoms with van der Waals surface area (Å²) in [7, 11) is 1.53. The number of methoxy groups -OCH3 is 1. The number of ether oxygens (including phenoxy) is 1. The Kier molecular flexibility index (Phi) is 4.82. The molecule has 0 spiro atoms. The minimum Gasteiger partial charge on any atom is -0.495 e. The zero-order valence-corrected chi connectivity index (χ0v) is 14.8. The summed E-state index contributed by atoms with van der Waals surface area (Å²) in [6.07, 6.45) is 1.57. The second-order valence-electron chi connectivity index (χ2n) is 5.49. The molecule has 126 valence electrons. The molecular formula is C16H16ClN3O3S. The molecule has 0 saturated heterocycles. The third kappa shape index (κ3) is 3.27. The van der Waals surface area contributed by atoms with Gasteiger partial charge < -0.3 is 10.1 Å². The first-order valence-electron chi connectivity index (χ1n) is 7.33. The van der Waals surface area contributed by atoms with Gasteiger partial charge in [0.05, 0.1) is 18.1 Å².